The average molecular weight is 456 g/mol. The fraction of sp³-hybridized carbons (Fsp3) is 0.0952. The number of rotatable bonds is 6. The standard InChI is InChI=1S/C21H19ClFN7O2/c22-16-7-13(23)5-4-12(16)10-30(11-14-3-1-2-6-27-14)21(32)20(31)29-17-9-28-19(26)15(8-24)18(17)25/h1-9,24H,10-11H2,(H,29,31)(H4,25,26,28). The smallest absolute Gasteiger partial charge is 0.314 e. The number of nitrogen functional groups attached to an aromatic ring is 2. The molecule has 0 saturated carbocycles. The maximum atomic E-state index is 13.4. The van der Waals surface area contributed by atoms with Gasteiger partial charge in [-0.25, -0.2) is 9.37 Å². The summed E-state index contributed by atoms with van der Waals surface area (Å²) < 4.78 is 13.4. The molecule has 1 aromatic carbocycles. The highest BCUT2D eigenvalue weighted by atomic mass is 35.5. The highest BCUT2D eigenvalue weighted by Gasteiger charge is 2.25. The van der Waals surface area contributed by atoms with Crippen LogP contribution < -0.4 is 16.8 Å². The SMILES string of the molecule is N=Cc1c(N)ncc(NC(=O)C(=O)N(Cc2ccccn2)Cc2ccc(F)cc2Cl)c1N. The summed E-state index contributed by atoms with van der Waals surface area (Å²) in [5.41, 5.74) is 12.7. The van der Waals surface area contributed by atoms with Gasteiger partial charge in [0.15, 0.2) is 0 Å². The van der Waals surface area contributed by atoms with E-state index in [9.17, 15) is 14.0 Å². The number of aromatic nitrogens is 2. The molecule has 3 rings (SSSR count). The Morgan fingerprint density at radius 3 is 2.62 bits per heavy atom. The van der Waals surface area contributed by atoms with Crippen molar-refractivity contribution in [3.8, 4) is 0 Å². The molecular weight excluding hydrogens is 437 g/mol. The quantitative estimate of drug-likeness (QED) is 0.331. The van der Waals surface area contributed by atoms with Gasteiger partial charge < -0.3 is 27.1 Å². The van der Waals surface area contributed by atoms with E-state index in [0.29, 0.717) is 11.3 Å². The second kappa shape index (κ2) is 9.84. The molecule has 9 nitrogen and oxygen atoms in total. The summed E-state index contributed by atoms with van der Waals surface area (Å²) in [4.78, 5) is 35.0. The van der Waals surface area contributed by atoms with Crippen LogP contribution in [-0.2, 0) is 22.7 Å². The zero-order valence-corrected chi connectivity index (χ0v) is 17.4. The third-order valence-electron chi connectivity index (χ3n) is 4.52. The van der Waals surface area contributed by atoms with E-state index in [1.54, 1.807) is 24.4 Å². The maximum Gasteiger partial charge on any atom is 0.314 e. The number of nitrogens with zero attached hydrogens (tertiary/aromatic N) is 3. The molecule has 0 atom stereocenters. The number of pyridine rings is 2. The van der Waals surface area contributed by atoms with Crippen molar-refractivity contribution in [2.45, 2.75) is 13.1 Å². The highest BCUT2D eigenvalue weighted by Crippen LogP contribution is 2.25. The molecule has 0 bridgehead atoms. The molecule has 0 saturated heterocycles. The molecule has 11 heteroatoms. The second-order valence-electron chi connectivity index (χ2n) is 6.70. The Morgan fingerprint density at radius 1 is 1.19 bits per heavy atom. The van der Waals surface area contributed by atoms with Gasteiger partial charge in [-0.3, -0.25) is 14.6 Å². The van der Waals surface area contributed by atoms with Gasteiger partial charge in [-0.15, -0.1) is 0 Å². The largest absolute Gasteiger partial charge is 0.396 e. The Hall–Kier alpha value is -4.05. The van der Waals surface area contributed by atoms with E-state index in [-0.39, 0.29) is 40.9 Å². The Balaban J connectivity index is 1.87. The van der Waals surface area contributed by atoms with Crippen LogP contribution >= 0.6 is 11.6 Å². The second-order valence-corrected chi connectivity index (χ2v) is 7.11. The van der Waals surface area contributed by atoms with Gasteiger partial charge in [-0.1, -0.05) is 23.7 Å². The molecule has 3 aromatic rings. The van der Waals surface area contributed by atoms with E-state index in [1.165, 1.54) is 23.2 Å². The van der Waals surface area contributed by atoms with Crippen LogP contribution in [0.5, 0.6) is 0 Å². The number of nitrogens with one attached hydrogen (secondary N) is 2. The van der Waals surface area contributed by atoms with E-state index < -0.39 is 17.6 Å². The lowest BCUT2D eigenvalue weighted by Gasteiger charge is -2.23. The summed E-state index contributed by atoms with van der Waals surface area (Å²) in [6, 6.07) is 8.94. The van der Waals surface area contributed by atoms with Crippen molar-refractivity contribution < 1.29 is 14.0 Å². The highest BCUT2D eigenvalue weighted by molar-refractivity contribution is 6.40. The van der Waals surface area contributed by atoms with Crippen LogP contribution in [-0.4, -0.2) is 32.9 Å². The minimum Gasteiger partial charge on any atom is -0.396 e. The summed E-state index contributed by atoms with van der Waals surface area (Å²) >= 11 is 6.11. The Kier molecular flexibility index (Phi) is 6.96. The van der Waals surface area contributed by atoms with Gasteiger partial charge in [-0.05, 0) is 29.8 Å². The number of hydrogen-bond donors (Lipinski definition) is 4. The van der Waals surface area contributed by atoms with Gasteiger partial charge in [0.2, 0.25) is 0 Å². The van der Waals surface area contributed by atoms with Crippen LogP contribution in [0.1, 0.15) is 16.8 Å². The predicted octanol–water partition coefficient (Wildman–Crippen LogP) is 2.60. The van der Waals surface area contributed by atoms with E-state index in [0.717, 1.165) is 12.3 Å². The molecule has 164 valence electrons. The summed E-state index contributed by atoms with van der Waals surface area (Å²) in [5.74, 6) is -2.39. The minimum absolute atomic E-state index is 0.00200. The fourth-order valence-electron chi connectivity index (χ4n) is 2.87. The summed E-state index contributed by atoms with van der Waals surface area (Å²) in [5, 5.41) is 9.90. The molecule has 2 amide bonds. The first-order valence-corrected chi connectivity index (χ1v) is 9.66. The molecule has 2 heterocycles. The Bertz CT molecular complexity index is 1170. The molecule has 32 heavy (non-hydrogen) atoms. The van der Waals surface area contributed by atoms with Crippen molar-refractivity contribution in [2.24, 2.45) is 0 Å². The monoisotopic (exact) mass is 455 g/mol. The number of anilines is 3. The lowest BCUT2D eigenvalue weighted by atomic mass is 10.2. The molecule has 0 unspecified atom stereocenters. The van der Waals surface area contributed by atoms with Crippen molar-refractivity contribution in [1.82, 2.24) is 14.9 Å². The van der Waals surface area contributed by atoms with E-state index in [4.69, 9.17) is 28.5 Å². The van der Waals surface area contributed by atoms with E-state index in [1.807, 2.05) is 0 Å². The van der Waals surface area contributed by atoms with Gasteiger partial charge in [0, 0.05) is 24.0 Å². The van der Waals surface area contributed by atoms with Crippen LogP contribution in [0.2, 0.25) is 5.02 Å². The van der Waals surface area contributed by atoms with Crippen LogP contribution in [0, 0.1) is 11.2 Å². The zero-order chi connectivity index (χ0) is 23.3. The van der Waals surface area contributed by atoms with Crippen LogP contribution in [0.3, 0.4) is 0 Å². The fourth-order valence-corrected chi connectivity index (χ4v) is 3.10. The maximum absolute atomic E-state index is 13.4. The molecule has 0 spiro atoms. The molecule has 0 radical (unpaired) electrons. The van der Waals surface area contributed by atoms with Gasteiger partial charge in [0.25, 0.3) is 0 Å². The summed E-state index contributed by atoms with van der Waals surface area (Å²) in [6.07, 6.45) is 3.66. The number of amides is 2. The number of halogens is 2. The first kappa shape index (κ1) is 22.6. The number of benzene rings is 1. The van der Waals surface area contributed by atoms with Crippen molar-refractivity contribution in [3.63, 3.8) is 0 Å². The summed E-state index contributed by atoms with van der Waals surface area (Å²) in [7, 11) is 0. The molecule has 0 aliphatic carbocycles. The molecule has 6 N–H and O–H groups in total. The third-order valence-corrected chi connectivity index (χ3v) is 4.87. The molecule has 0 aliphatic heterocycles. The molecule has 0 aliphatic rings. The molecular formula is C21H19ClFN7O2. The van der Waals surface area contributed by atoms with Gasteiger partial charge in [0.05, 0.1) is 35.4 Å². The van der Waals surface area contributed by atoms with Crippen LogP contribution in [0.4, 0.5) is 21.6 Å². The van der Waals surface area contributed by atoms with Gasteiger partial charge in [-0.2, -0.15) is 0 Å². The van der Waals surface area contributed by atoms with Crippen molar-refractivity contribution in [1.29, 1.82) is 5.41 Å². The Morgan fingerprint density at radius 2 is 1.97 bits per heavy atom. The minimum atomic E-state index is -0.992. The number of nitrogens with two attached hydrogens (primary N) is 2. The molecule has 2 aromatic heterocycles. The summed E-state index contributed by atoms with van der Waals surface area (Å²) in [6.45, 7) is -0.0643. The molecule has 0 fully saturated rings. The zero-order valence-electron chi connectivity index (χ0n) is 16.7. The Labute approximate surface area is 187 Å². The third kappa shape index (κ3) is 5.16. The van der Waals surface area contributed by atoms with Gasteiger partial charge in [0.1, 0.15) is 11.6 Å². The first-order chi connectivity index (χ1) is 15.3. The van der Waals surface area contributed by atoms with Crippen molar-refractivity contribution in [3.05, 3.63) is 76.5 Å². The predicted molar refractivity (Wildman–Crippen MR) is 119 cm³/mol. The number of hydrogen-bond acceptors (Lipinski definition) is 7. The first-order valence-electron chi connectivity index (χ1n) is 9.28. The van der Waals surface area contributed by atoms with Crippen molar-refractivity contribution in [2.75, 3.05) is 16.8 Å². The van der Waals surface area contributed by atoms with Crippen molar-refractivity contribution >= 4 is 46.8 Å². The topological polar surface area (TPSA) is 151 Å². The average Bonchev–Trinajstić information content (AvgIpc) is 2.77. The van der Waals surface area contributed by atoms with E-state index >= 15 is 0 Å². The van der Waals surface area contributed by atoms with Crippen LogP contribution in [0.15, 0.2) is 48.8 Å². The lowest BCUT2D eigenvalue weighted by Crippen LogP contribution is -2.39. The number of carbonyl (C=O) groups excluding carboxylic acids is 2. The lowest BCUT2D eigenvalue weighted by molar-refractivity contribution is -0.144. The van der Waals surface area contributed by atoms with Gasteiger partial charge >= 0.3 is 11.8 Å². The van der Waals surface area contributed by atoms with Crippen LogP contribution in [0.25, 0.3) is 0 Å². The van der Waals surface area contributed by atoms with E-state index in [2.05, 4.69) is 15.3 Å². The number of carbonyl (C=O) groups is 2. The normalized spacial score (nSPS) is 10.4.